The van der Waals surface area contributed by atoms with Crippen LogP contribution in [-0.2, 0) is 4.79 Å². The van der Waals surface area contributed by atoms with E-state index >= 15 is 0 Å². The monoisotopic (exact) mass is 492 g/mol. The Bertz CT molecular complexity index is 1240. The average molecular weight is 493 g/mol. The lowest BCUT2D eigenvalue weighted by molar-refractivity contribution is -0.115. The summed E-state index contributed by atoms with van der Waals surface area (Å²) in [6.07, 6.45) is 2.91. The van der Waals surface area contributed by atoms with Crippen LogP contribution in [-0.4, -0.2) is 22.8 Å². The zero-order chi connectivity index (χ0) is 24.5. The maximum atomic E-state index is 12.3. The molecule has 0 unspecified atom stereocenters. The molecule has 0 spiro atoms. The summed E-state index contributed by atoms with van der Waals surface area (Å²) in [5.74, 6) is -1.17. The van der Waals surface area contributed by atoms with E-state index in [0.717, 1.165) is 11.1 Å². The number of nitrogens with one attached hydrogen (secondary N) is 4. The van der Waals surface area contributed by atoms with Gasteiger partial charge in [0.25, 0.3) is 11.8 Å². The Balaban J connectivity index is 1.45. The zero-order valence-corrected chi connectivity index (χ0v) is 19.7. The Labute approximate surface area is 207 Å². The third-order valence-electron chi connectivity index (χ3n) is 4.51. The number of carbonyl (C=O) groups is 3. The molecule has 4 N–H and O–H groups in total. The van der Waals surface area contributed by atoms with E-state index in [0.29, 0.717) is 21.8 Å². The van der Waals surface area contributed by atoms with Crippen molar-refractivity contribution >= 4 is 58.4 Å². The van der Waals surface area contributed by atoms with Crippen LogP contribution in [0.25, 0.3) is 6.08 Å². The van der Waals surface area contributed by atoms with Gasteiger partial charge in [0.1, 0.15) is 0 Å². The van der Waals surface area contributed by atoms with Gasteiger partial charge in [0, 0.05) is 27.9 Å². The maximum absolute atomic E-state index is 12.3. The molecule has 0 aromatic heterocycles. The minimum absolute atomic E-state index is 0.0684. The van der Waals surface area contributed by atoms with Gasteiger partial charge in [-0.2, -0.15) is 0 Å². The SMILES string of the molecule is Cc1cccc(C(=O)Nc2ccc(C(=O)NNC(=S)NC(=O)/C=C/c3ccc(Cl)cc3)cc2)c1. The summed E-state index contributed by atoms with van der Waals surface area (Å²) >= 11 is 10.8. The molecule has 3 aromatic rings. The first-order valence-corrected chi connectivity index (χ1v) is 10.9. The van der Waals surface area contributed by atoms with Gasteiger partial charge in [-0.3, -0.25) is 30.6 Å². The van der Waals surface area contributed by atoms with Gasteiger partial charge < -0.3 is 5.32 Å². The fraction of sp³-hybridized carbons (Fsp3) is 0.0400. The molecule has 0 saturated heterocycles. The molecular weight excluding hydrogens is 472 g/mol. The third kappa shape index (κ3) is 7.54. The zero-order valence-electron chi connectivity index (χ0n) is 18.1. The van der Waals surface area contributed by atoms with E-state index in [1.165, 1.54) is 6.08 Å². The maximum Gasteiger partial charge on any atom is 0.269 e. The molecule has 9 heteroatoms. The van der Waals surface area contributed by atoms with Crippen molar-refractivity contribution in [2.75, 3.05) is 5.32 Å². The van der Waals surface area contributed by atoms with E-state index in [1.54, 1.807) is 66.7 Å². The fourth-order valence-electron chi connectivity index (χ4n) is 2.81. The Morgan fingerprint density at radius 2 is 1.56 bits per heavy atom. The molecule has 0 fully saturated rings. The van der Waals surface area contributed by atoms with Gasteiger partial charge in [-0.05, 0) is 79.3 Å². The standard InChI is InChI=1S/C25H21ClN4O3S/c1-16-3-2-4-19(15-16)23(32)27-21-12-8-18(9-13-21)24(33)29-30-25(34)28-22(31)14-7-17-5-10-20(26)11-6-17/h2-15H,1H3,(H,27,32)(H,29,33)(H2,28,30,31,34)/b14-7+. The van der Waals surface area contributed by atoms with Crippen molar-refractivity contribution in [3.63, 3.8) is 0 Å². The number of hydrogen-bond donors (Lipinski definition) is 4. The van der Waals surface area contributed by atoms with Crippen molar-refractivity contribution in [1.29, 1.82) is 0 Å². The van der Waals surface area contributed by atoms with Gasteiger partial charge >= 0.3 is 0 Å². The van der Waals surface area contributed by atoms with Crippen LogP contribution in [0.3, 0.4) is 0 Å². The lowest BCUT2D eigenvalue weighted by Gasteiger charge is -2.10. The predicted octanol–water partition coefficient (Wildman–Crippen LogP) is 4.25. The number of hydrazine groups is 1. The van der Waals surface area contributed by atoms with E-state index < -0.39 is 11.8 Å². The third-order valence-corrected chi connectivity index (χ3v) is 4.96. The molecule has 3 rings (SSSR count). The highest BCUT2D eigenvalue weighted by Crippen LogP contribution is 2.13. The first-order valence-electron chi connectivity index (χ1n) is 10.1. The summed E-state index contributed by atoms with van der Waals surface area (Å²) in [7, 11) is 0. The van der Waals surface area contributed by atoms with Gasteiger partial charge in [-0.15, -0.1) is 0 Å². The molecule has 3 amide bonds. The van der Waals surface area contributed by atoms with Crippen LogP contribution in [0.4, 0.5) is 5.69 Å². The molecule has 172 valence electrons. The second-order valence-corrected chi connectivity index (χ2v) is 8.03. The molecule has 0 saturated carbocycles. The van der Waals surface area contributed by atoms with E-state index in [1.807, 2.05) is 19.1 Å². The average Bonchev–Trinajstić information content (AvgIpc) is 2.82. The molecule has 7 nitrogen and oxygen atoms in total. The number of aryl methyl sites for hydroxylation is 1. The molecule has 0 radical (unpaired) electrons. The molecule has 0 bridgehead atoms. The van der Waals surface area contributed by atoms with Crippen LogP contribution in [0, 0.1) is 6.92 Å². The van der Waals surface area contributed by atoms with E-state index in [4.69, 9.17) is 23.8 Å². The summed E-state index contributed by atoms with van der Waals surface area (Å²) in [4.78, 5) is 36.6. The summed E-state index contributed by atoms with van der Waals surface area (Å²) in [6, 6.07) is 20.5. The summed E-state index contributed by atoms with van der Waals surface area (Å²) in [6.45, 7) is 1.91. The molecule has 3 aromatic carbocycles. The van der Waals surface area contributed by atoms with Crippen molar-refractivity contribution in [3.05, 3.63) is 106 Å². The van der Waals surface area contributed by atoms with Gasteiger partial charge in [-0.25, -0.2) is 0 Å². The predicted molar refractivity (Wildman–Crippen MR) is 137 cm³/mol. The number of carbonyl (C=O) groups excluding carboxylic acids is 3. The quantitative estimate of drug-likeness (QED) is 0.242. The van der Waals surface area contributed by atoms with Crippen molar-refractivity contribution in [3.8, 4) is 0 Å². The van der Waals surface area contributed by atoms with E-state index in [9.17, 15) is 14.4 Å². The van der Waals surface area contributed by atoms with Gasteiger partial charge in [0.05, 0.1) is 0 Å². The summed E-state index contributed by atoms with van der Waals surface area (Å²) < 4.78 is 0. The number of anilines is 1. The van der Waals surface area contributed by atoms with Crippen LogP contribution < -0.4 is 21.5 Å². The molecule has 0 aliphatic carbocycles. The normalized spacial score (nSPS) is 10.4. The molecule has 0 aliphatic rings. The highest BCUT2D eigenvalue weighted by Gasteiger charge is 2.09. The smallest absolute Gasteiger partial charge is 0.269 e. The number of benzene rings is 3. The minimum atomic E-state index is -0.468. The Morgan fingerprint density at radius 3 is 2.24 bits per heavy atom. The number of rotatable bonds is 5. The lowest BCUT2D eigenvalue weighted by Crippen LogP contribution is -2.48. The van der Waals surface area contributed by atoms with Crippen LogP contribution in [0.5, 0.6) is 0 Å². The van der Waals surface area contributed by atoms with Crippen LogP contribution in [0.2, 0.25) is 5.02 Å². The molecule has 0 atom stereocenters. The molecule has 34 heavy (non-hydrogen) atoms. The Kier molecular flexibility index (Phi) is 8.50. The second kappa shape index (κ2) is 11.7. The highest BCUT2D eigenvalue weighted by atomic mass is 35.5. The van der Waals surface area contributed by atoms with E-state index in [-0.39, 0.29) is 11.0 Å². The minimum Gasteiger partial charge on any atom is -0.322 e. The van der Waals surface area contributed by atoms with Crippen molar-refractivity contribution in [2.45, 2.75) is 6.92 Å². The van der Waals surface area contributed by atoms with Crippen molar-refractivity contribution < 1.29 is 14.4 Å². The van der Waals surface area contributed by atoms with Crippen LogP contribution >= 0.6 is 23.8 Å². The number of thiocarbonyl (C=S) groups is 1. The first-order chi connectivity index (χ1) is 16.3. The topological polar surface area (TPSA) is 99.3 Å². The van der Waals surface area contributed by atoms with Crippen LogP contribution in [0.1, 0.15) is 31.8 Å². The number of hydrogen-bond acceptors (Lipinski definition) is 4. The van der Waals surface area contributed by atoms with Gasteiger partial charge in [0.2, 0.25) is 5.91 Å². The van der Waals surface area contributed by atoms with Crippen molar-refractivity contribution in [1.82, 2.24) is 16.2 Å². The number of amides is 3. The van der Waals surface area contributed by atoms with Crippen molar-refractivity contribution in [2.24, 2.45) is 0 Å². The number of halogens is 1. The second-order valence-electron chi connectivity index (χ2n) is 7.18. The molecular formula is C25H21ClN4O3S. The fourth-order valence-corrected chi connectivity index (χ4v) is 3.09. The summed E-state index contributed by atoms with van der Waals surface area (Å²) in [5.41, 5.74) is 8.08. The van der Waals surface area contributed by atoms with Gasteiger partial charge in [-0.1, -0.05) is 41.4 Å². The van der Waals surface area contributed by atoms with E-state index in [2.05, 4.69) is 21.5 Å². The molecule has 0 heterocycles. The largest absolute Gasteiger partial charge is 0.322 e. The molecule has 0 aliphatic heterocycles. The Morgan fingerprint density at radius 1 is 0.853 bits per heavy atom. The Hall–Kier alpha value is -4.01. The highest BCUT2D eigenvalue weighted by molar-refractivity contribution is 7.80. The van der Waals surface area contributed by atoms with Gasteiger partial charge in [0.15, 0.2) is 5.11 Å². The summed E-state index contributed by atoms with van der Waals surface area (Å²) in [5, 5.41) is 5.74. The first kappa shape index (κ1) is 24.6. The lowest BCUT2D eigenvalue weighted by atomic mass is 10.1. The van der Waals surface area contributed by atoms with Crippen LogP contribution in [0.15, 0.2) is 78.9 Å².